The molecule has 0 radical (unpaired) electrons. The van der Waals surface area contributed by atoms with Crippen LogP contribution in [0.15, 0.2) is 12.1 Å². The van der Waals surface area contributed by atoms with E-state index in [1.54, 1.807) is 6.07 Å². The van der Waals surface area contributed by atoms with Gasteiger partial charge in [0, 0.05) is 12.1 Å². The Kier molecular flexibility index (Phi) is 2.14. The molecule has 1 aromatic carbocycles. The molecule has 2 unspecified atom stereocenters. The first-order chi connectivity index (χ1) is 7.58. The second kappa shape index (κ2) is 3.32. The Hall–Kier alpha value is -0.850. The summed E-state index contributed by atoms with van der Waals surface area (Å²) in [6.07, 6.45) is 1.10. The van der Waals surface area contributed by atoms with Crippen molar-refractivity contribution in [2.45, 2.75) is 19.4 Å². The average Bonchev–Trinajstić information content (AvgIpc) is 2.82. The van der Waals surface area contributed by atoms with Gasteiger partial charge in [-0.15, -0.1) is 0 Å². The fourth-order valence-electron chi connectivity index (χ4n) is 2.12. The largest absolute Gasteiger partial charge is 0.369 e. The fraction of sp³-hybridized carbons (Fsp3) is 0.364. The molecule has 0 amide bonds. The van der Waals surface area contributed by atoms with E-state index < -0.39 is 0 Å². The standard InChI is InChI=1S/C11H11FIN3/c1-5-2-9(5)16-10-3-6(12)7(13)4-8(10)15-11(16)14/h3-5,9H,2H2,1H3,(H2,14,15). The van der Waals surface area contributed by atoms with Crippen LogP contribution in [-0.4, -0.2) is 9.55 Å². The number of hydrogen-bond donors (Lipinski definition) is 1. The van der Waals surface area contributed by atoms with Crippen molar-refractivity contribution in [2.75, 3.05) is 5.73 Å². The van der Waals surface area contributed by atoms with E-state index in [1.807, 2.05) is 27.2 Å². The van der Waals surface area contributed by atoms with Gasteiger partial charge in [0.1, 0.15) is 5.82 Å². The van der Waals surface area contributed by atoms with Crippen LogP contribution in [0.2, 0.25) is 0 Å². The number of nitrogen functional groups attached to an aromatic ring is 1. The molecule has 1 heterocycles. The topological polar surface area (TPSA) is 43.8 Å². The van der Waals surface area contributed by atoms with E-state index >= 15 is 0 Å². The monoisotopic (exact) mass is 331 g/mol. The lowest BCUT2D eigenvalue weighted by molar-refractivity contribution is 0.620. The number of imidazole rings is 1. The number of anilines is 1. The number of fused-ring (bicyclic) bond motifs is 1. The highest BCUT2D eigenvalue weighted by molar-refractivity contribution is 14.1. The van der Waals surface area contributed by atoms with E-state index in [4.69, 9.17) is 5.73 Å². The van der Waals surface area contributed by atoms with E-state index in [-0.39, 0.29) is 5.82 Å². The zero-order valence-corrected chi connectivity index (χ0v) is 10.9. The van der Waals surface area contributed by atoms with Crippen molar-refractivity contribution in [3.05, 3.63) is 21.5 Å². The molecular formula is C11H11FIN3. The maximum Gasteiger partial charge on any atom is 0.201 e. The summed E-state index contributed by atoms with van der Waals surface area (Å²) in [4.78, 5) is 4.28. The van der Waals surface area contributed by atoms with Crippen molar-refractivity contribution < 1.29 is 4.39 Å². The maximum absolute atomic E-state index is 13.5. The van der Waals surface area contributed by atoms with Crippen LogP contribution < -0.4 is 5.73 Å². The number of halogens is 2. The summed E-state index contributed by atoms with van der Waals surface area (Å²) in [6.45, 7) is 2.17. The summed E-state index contributed by atoms with van der Waals surface area (Å²) >= 11 is 1.97. The summed E-state index contributed by atoms with van der Waals surface area (Å²) in [5.41, 5.74) is 7.47. The van der Waals surface area contributed by atoms with Gasteiger partial charge in [0.2, 0.25) is 5.95 Å². The molecule has 2 N–H and O–H groups in total. The molecule has 1 fully saturated rings. The van der Waals surface area contributed by atoms with Crippen LogP contribution in [0.1, 0.15) is 19.4 Å². The van der Waals surface area contributed by atoms with Gasteiger partial charge in [-0.3, -0.25) is 0 Å². The van der Waals surface area contributed by atoms with Gasteiger partial charge in [0.05, 0.1) is 14.6 Å². The molecule has 1 aliphatic rings. The Morgan fingerprint density at radius 2 is 2.25 bits per heavy atom. The van der Waals surface area contributed by atoms with Crippen LogP contribution in [0.5, 0.6) is 0 Å². The van der Waals surface area contributed by atoms with Gasteiger partial charge >= 0.3 is 0 Å². The lowest BCUT2D eigenvalue weighted by atomic mass is 10.3. The smallest absolute Gasteiger partial charge is 0.201 e. The first kappa shape index (κ1) is 10.3. The third kappa shape index (κ3) is 1.41. The highest BCUT2D eigenvalue weighted by Gasteiger charge is 2.36. The molecule has 0 bridgehead atoms. The Labute approximate surface area is 106 Å². The van der Waals surface area contributed by atoms with Crippen molar-refractivity contribution in [3.8, 4) is 0 Å². The number of nitrogens with two attached hydrogens (primary N) is 1. The highest BCUT2D eigenvalue weighted by atomic mass is 127. The van der Waals surface area contributed by atoms with E-state index in [9.17, 15) is 4.39 Å². The van der Waals surface area contributed by atoms with Crippen molar-refractivity contribution in [1.82, 2.24) is 9.55 Å². The first-order valence-corrected chi connectivity index (χ1v) is 6.28. The van der Waals surface area contributed by atoms with Gasteiger partial charge in [-0.05, 0) is 41.0 Å². The average molecular weight is 331 g/mol. The summed E-state index contributed by atoms with van der Waals surface area (Å²) < 4.78 is 16.1. The minimum atomic E-state index is -0.206. The summed E-state index contributed by atoms with van der Waals surface area (Å²) in [5.74, 6) is 0.898. The van der Waals surface area contributed by atoms with Gasteiger partial charge < -0.3 is 10.3 Å². The molecule has 5 heteroatoms. The Morgan fingerprint density at radius 1 is 1.56 bits per heavy atom. The number of hydrogen-bond acceptors (Lipinski definition) is 2. The molecule has 0 aliphatic heterocycles. The highest BCUT2D eigenvalue weighted by Crippen LogP contribution is 2.45. The Bertz CT molecular complexity index is 578. The Balaban J connectivity index is 2.27. The molecule has 0 saturated heterocycles. The predicted molar refractivity (Wildman–Crippen MR) is 69.6 cm³/mol. The number of nitrogens with zero attached hydrogens (tertiary/aromatic N) is 2. The molecular weight excluding hydrogens is 320 g/mol. The minimum Gasteiger partial charge on any atom is -0.369 e. The van der Waals surface area contributed by atoms with E-state index in [0.717, 1.165) is 17.5 Å². The molecule has 2 aromatic rings. The number of rotatable bonds is 1. The van der Waals surface area contributed by atoms with Crippen molar-refractivity contribution >= 4 is 39.6 Å². The minimum absolute atomic E-state index is 0.206. The van der Waals surface area contributed by atoms with Gasteiger partial charge in [0.25, 0.3) is 0 Å². The summed E-state index contributed by atoms with van der Waals surface area (Å²) in [6, 6.07) is 3.67. The lowest BCUT2D eigenvalue weighted by Gasteiger charge is -2.04. The van der Waals surface area contributed by atoms with Gasteiger partial charge in [-0.1, -0.05) is 6.92 Å². The normalized spacial score (nSPS) is 23.9. The second-order valence-electron chi connectivity index (χ2n) is 4.38. The van der Waals surface area contributed by atoms with Crippen molar-refractivity contribution in [2.24, 2.45) is 5.92 Å². The third-order valence-corrected chi connectivity index (χ3v) is 3.98. The maximum atomic E-state index is 13.5. The van der Waals surface area contributed by atoms with Crippen LogP contribution in [-0.2, 0) is 0 Å². The van der Waals surface area contributed by atoms with Crippen LogP contribution in [0.25, 0.3) is 11.0 Å². The quantitative estimate of drug-likeness (QED) is 0.817. The van der Waals surface area contributed by atoms with Crippen molar-refractivity contribution in [1.29, 1.82) is 0 Å². The number of aromatic nitrogens is 2. The van der Waals surface area contributed by atoms with Crippen molar-refractivity contribution in [3.63, 3.8) is 0 Å². The molecule has 1 aromatic heterocycles. The van der Waals surface area contributed by atoms with E-state index in [0.29, 0.717) is 21.5 Å². The lowest BCUT2D eigenvalue weighted by Crippen LogP contribution is -2.01. The van der Waals surface area contributed by atoms with Crippen LogP contribution in [0.3, 0.4) is 0 Å². The zero-order valence-electron chi connectivity index (χ0n) is 8.74. The van der Waals surface area contributed by atoms with Crippen LogP contribution in [0, 0.1) is 15.3 Å². The van der Waals surface area contributed by atoms with Gasteiger partial charge in [-0.2, -0.15) is 0 Å². The van der Waals surface area contributed by atoms with Gasteiger partial charge in [-0.25, -0.2) is 9.37 Å². The number of benzene rings is 1. The van der Waals surface area contributed by atoms with Crippen LogP contribution >= 0.6 is 22.6 Å². The molecule has 84 valence electrons. The molecule has 16 heavy (non-hydrogen) atoms. The molecule has 1 saturated carbocycles. The molecule has 3 nitrogen and oxygen atoms in total. The van der Waals surface area contributed by atoms with E-state index in [1.165, 1.54) is 6.07 Å². The first-order valence-electron chi connectivity index (χ1n) is 5.20. The summed E-state index contributed by atoms with van der Waals surface area (Å²) in [5, 5.41) is 0. The second-order valence-corrected chi connectivity index (χ2v) is 5.54. The predicted octanol–water partition coefficient (Wildman–Crippen LogP) is 2.94. The molecule has 1 aliphatic carbocycles. The Morgan fingerprint density at radius 3 is 2.88 bits per heavy atom. The fourth-order valence-corrected chi connectivity index (χ4v) is 2.57. The summed E-state index contributed by atoms with van der Waals surface area (Å²) in [7, 11) is 0. The SMILES string of the molecule is CC1CC1n1c(N)nc2cc(I)c(F)cc21. The zero-order chi connectivity index (χ0) is 11.4. The van der Waals surface area contributed by atoms with Crippen LogP contribution in [0.4, 0.5) is 10.3 Å². The van der Waals surface area contributed by atoms with Gasteiger partial charge in [0.15, 0.2) is 0 Å². The molecule has 2 atom stereocenters. The third-order valence-electron chi connectivity index (χ3n) is 3.16. The van der Waals surface area contributed by atoms with E-state index in [2.05, 4.69) is 11.9 Å². The molecule has 0 spiro atoms. The molecule has 3 rings (SSSR count).